The first-order valence-corrected chi connectivity index (χ1v) is 6.54. The number of nitrogens with two attached hydrogens (primary N) is 1. The minimum atomic E-state index is -4.26. The summed E-state index contributed by atoms with van der Waals surface area (Å²) < 4.78 is 39.5. The number of likely N-dealkylation sites (N-methyl/N-ethyl adjacent to an activating group) is 1. The molecule has 0 aromatic heterocycles. The van der Waals surface area contributed by atoms with Gasteiger partial charge in [-0.05, 0) is 33.4 Å². The molecule has 1 saturated heterocycles. The summed E-state index contributed by atoms with van der Waals surface area (Å²) in [6.07, 6.45) is -2.79. The molecule has 0 aliphatic carbocycles. The second-order valence-electron chi connectivity index (χ2n) is 5.26. The molecule has 1 heterocycles. The van der Waals surface area contributed by atoms with Gasteiger partial charge in [0, 0.05) is 25.2 Å². The second kappa shape index (κ2) is 6.21. The van der Waals surface area contributed by atoms with E-state index in [1.807, 2.05) is 14.0 Å². The first-order valence-electron chi connectivity index (χ1n) is 6.54. The van der Waals surface area contributed by atoms with Gasteiger partial charge in [0.25, 0.3) is 0 Å². The van der Waals surface area contributed by atoms with E-state index in [-0.39, 0.29) is 6.04 Å². The van der Waals surface area contributed by atoms with Crippen molar-refractivity contribution in [1.82, 2.24) is 9.80 Å². The number of rotatable bonds is 3. The summed E-state index contributed by atoms with van der Waals surface area (Å²) in [6, 6.07) is -2.51. The minimum Gasteiger partial charge on any atom is -0.326 e. The predicted octanol–water partition coefficient (Wildman–Crippen LogP) is 1.68. The predicted molar refractivity (Wildman–Crippen MR) is 66.4 cm³/mol. The lowest BCUT2D eigenvalue weighted by Crippen LogP contribution is -2.59. The lowest BCUT2D eigenvalue weighted by molar-refractivity contribution is -0.194. The topological polar surface area (TPSA) is 32.5 Å². The van der Waals surface area contributed by atoms with E-state index in [4.69, 9.17) is 5.73 Å². The van der Waals surface area contributed by atoms with Crippen LogP contribution in [0.1, 0.15) is 26.7 Å². The number of halogens is 3. The summed E-state index contributed by atoms with van der Waals surface area (Å²) >= 11 is 0. The summed E-state index contributed by atoms with van der Waals surface area (Å²) in [5.74, 6) is 0. The zero-order valence-corrected chi connectivity index (χ0v) is 11.4. The fraction of sp³-hybridized carbons (Fsp3) is 1.00. The molecule has 108 valence electrons. The third kappa shape index (κ3) is 3.83. The van der Waals surface area contributed by atoms with Crippen molar-refractivity contribution in [2.24, 2.45) is 5.73 Å². The standard InChI is InChI=1S/C12H24F3N3/c1-4-10-8-17(3)6-5-7-18(10)11(9(2)16)12(13,14)15/h9-11H,4-8,16H2,1-3H3. The molecule has 3 unspecified atom stereocenters. The number of hydrogen-bond acceptors (Lipinski definition) is 3. The molecule has 1 aliphatic heterocycles. The highest BCUT2D eigenvalue weighted by molar-refractivity contribution is 4.91. The van der Waals surface area contributed by atoms with E-state index in [0.29, 0.717) is 19.5 Å². The Labute approximate surface area is 107 Å². The van der Waals surface area contributed by atoms with Crippen molar-refractivity contribution in [3.8, 4) is 0 Å². The van der Waals surface area contributed by atoms with E-state index < -0.39 is 18.3 Å². The number of alkyl halides is 3. The van der Waals surface area contributed by atoms with Crippen molar-refractivity contribution in [3.05, 3.63) is 0 Å². The van der Waals surface area contributed by atoms with Gasteiger partial charge < -0.3 is 10.6 Å². The van der Waals surface area contributed by atoms with Crippen LogP contribution in [0, 0.1) is 0 Å². The van der Waals surface area contributed by atoms with E-state index in [1.54, 1.807) is 4.90 Å². The van der Waals surface area contributed by atoms with Crippen molar-refractivity contribution in [3.63, 3.8) is 0 Å². The third-order valence-electron chi connectivity index (χ3n) is 3.61. The normalized spacial score (nSPS) is 27.8. The molecule has 0 spiro atoms. The summed E-state index contributed by atoms with van der Waals surface area (Å²) in [7, 11) is 1.96. The maximum absolute atomic E-state index is 13.2. The molecule has 3 nitrogen and oxygen atoms in total. The maximum Gasteiger partial charge on any atom is 0.405 e. The Hall–Kier alpha value is -0.330. The molecule has 0 radical (unpaired) electrons. The van der Waals surface area contributed by atoms with Crippen LogP contribution in [0.3, 0.4) is 0 Å². The summed E-state index contributed by atoms with van der Waals surface area (Å²) in [4.78, 5) is 3.66. The highest BCUT2D eigenvalue weighted by Crippen LogP contribution is 2.30. The molecular formula is C12H24F3N3. The van der Waals surface area contributed by atoms with Crippen molar-refractivity contribution < 1.29 is 13.2 Å². The largest absolute Gasteiger partial charge is 0.405 e. The Morgan fingerprint density at radius 1 is 1.33 bits per heavy atom. The monoisotopic (exact) mass is 267 g/mol. The lowest BCUT2D eigenvalue weighted by Gasteiger charge is -2.39. The minimum absolute atomic E-state index is 0.0740. The van der Waals surface area contributed by atoms with Crippen LogP contribution in [0.4, 0.5) is 13.2 Å². The Morgan fingerprint density at radius 2 is 1.94 bits per heavy atom. The molecule has 0 aromatic carbocycles. The zero-order valence-electron chi connectivity index (χ0n) is 11.4. The van der Waals surface area contributed by atoms with Crippen LogP contribution < -0.4 is 5.73 Å². The molecule has 1 fully saturated rings. The Kier molecular flexibility index (Phi) is 5.43. The van der Waals surface area contributed by atoms with Crippen LogP contribution in [0.15, 0.2) is 0 Å². The molecule has 6 heteroatoms. The Balaban J connectivity index is 2.93. The van der Waals surface area contributed by atoms with Crippen molar-refractivity contribution >= 4 is 0 Å². The molecule has 0 bridgehead atoms. The fourth-order valence-electron chi connectivity index (χ4n) is 2.78. The van der Waals surface area contributed by atoms with Crippen molar-refractivity contribution in [2.45, 2.75) is 51.0 Å². The van der Waals surface area contributed by atoms with Gasteiger partial charge in [0.1, 0.15) is 6.04 Å². The molecule has 3 atom stereocenters. The van der Waals surface area contributed by atoms with Gasteiger partial charge in [-0.15, -0.1) is 0 Å². The zero-order chi connectivity index (χ0) is 13.9. The third-order valence-corrected chi connectivity index (χ3v) is 3.61. The van der Waals surface area contributed by atoms with E-state index >= 15 is 0 Å². The van der Waals surface area contributed by atoms with Gasteiger partial charge in [-0.25, -0.2) is 0 Å². The Bertz CT molecular complexity index is 255. The van der Waals surface area contributed by atoms with E-state index in [9.17, 15) is 13.2 Å². The molecular weight excluding hydrogens is 243 g/mol. The Morgan fingerprint density at radius 3 is 2.39 bits per heavy atom. The van der Waals surface area contributed by atoms with Gasteiger partial charge in [0.05, 0.1) is 0 Å². The highest BCUT2D eigenvalue weighted by atomic mass is 19.4. The number of hydrogen-bond donors (Lipinski definition) is 1. The van der Waals surface area contributed by atoms with Crippen LogP contribution >= 0.6 is 0 Å². The lowest BCUT2D eigenvalue weighted by atomic mass is 10.0. The van der Waals surface area contributed by atoms with Crippen molar-refractivity contribution in [2.75, 3.05) is 26.7 Å². The highest BCUT2D eigenvalue weighted by Gasteiger charge is 2.47. The van der Waals surface area contributed by atoms with E-state index in [2.05, 4.69) is 4.90 Å². The van der Waals surface area contributed by atoms with Crippen LogP contribution in [-0.4, -0.2) is 60.8 Å². The van der Waals surface area contributed by atoms with Gasteiger partial charge in [0.2, 0.25) is 0 Å². The molecule has 0 aromatic rings. The smallest absolute Gasteiger partial charge is 0.326 e. The average Bonchev–Trinajstić information content (AvgIpc) is 2.38. The molecule has 18 heavy (non-hydrogen) atoms. The van der Waals surface area contributed by atoms with Gasteiger partial charge in [-0.1, -0.05) is 6.92 Å². The van der Waals surface area contributed by atoms with Crippen LogP contribution in [-0.2, 0) is 0 Å². The first-order chi connectivity index (χ1) is 8.27. The maximum atomic E-state index is 13.2. The second-order valence-corrected chi connectivity index (χ2v) is 5.26. The molecule has 0 saturated carbocycles. The van der Waals surface area contributed by atoms with Gasteiger partial charge >= 0.3 is 6.18 Å². The first kappa shape index (κ1) is 15.7. The fourth-order valence-corrected chi connectivity index (χ4v) is 2.78. The summed E-state index contributed by atoms with van der Waals surface area (Å²) in [5, 5.41) is 0. The summed E-state index contributed by atoms with van der Waals surface area (Å²) in [6.45, 7) is 5.37. The van der Waals surface area contributed by atoms with E-state index in [1.165, 1.54) is 6.92 Å². The van der Waals surface area contributed by atoms with Crippen molar-refractivity contribution in [1.29, 1.82) is 0 Å². The van der Waals surface area contributed by atoms with E-state index in [0.717, 1.165) is 13.0 Å². The number of nitrogens with zero attached hydrogens (tertiary/aromatic N) is 2. The van der Waals surface area contributed by atoms with Crippen LogP contribution in [0.25, 0.3) is 0 Å². The van der Waals surface area contributed by atoms with Gasteiger partial charge in [-0.3, -0.25) is 4.90 Å². The molecule has 1 aliphatic rings. The van der Waals surface area contributed by atoms with Crippen LogP contribution in [0.5, 0.6) is 0 Å². The van der Waals surface area contributed by atoms with Gasteiger partial charge in [-0.2, -0.15) is 13.2 Å². The SMILES string of the molecule is CCC1CN(C)CCCN1C(C(C)N)C(F)(F)F. The molecule has 2 N–H and O–H groups in total. The average molecular weight is 267 g/mol. The quantitative estimate of drug-likeness (QED) is 0.844. The van der Waals surface area contributed by atoms with Gasteiger partial charge in [0.15, 0.2) is 0 Å². The molecule has 1 rings (SSSR count). The van der Waals surface area contributed by atoms with Crippen LogP contribution in [0.2, 0.25) is 0 Å². The molecule has 0 amide bonds. The summed E-state index contributed by atoms with van der Waals surface area (Å²) in [5.41, 5.74) is 5.58.